The lowest BCUT2D eigenvalue weighted by Gasteiger charge is -2.30. The fourth-order valence-electron chi connectivity index (χ4n) is 4.75. The Labute approximate surface area is 188 Å². The predicted octanol–water partition coefficient (Wildman–Crippen LogP) is 8.03. The average molecular weight is 417 g/mol. The first-order valence-electron chi connectivity index (χ1n) is 11.3. The van der Waals surface area contributed by atoms with Gasteiger partial charge in [0, 0.05) is 33.4 Å². The van der Waals surface area contributed by atoms with Gasteiger partial charge in [0.25, 0.3) is 0 Å². The molecule has 2 heterocycles. The van der Waals surface area contributed by atoms with E-state index in [-0.39, 0.29) is 0 Å². The van der Waals surface area contributed by atoms with E-state index in [0.29, 0.717) is 0 Å². The molecule has 0 saturated heterocycles. The van der Waals surface area contributed by atoms with E-state index in [1.165, 1.54) is 22.3 Å². The third-order valence-corrected chi connectivity index (χ3v) is 6.45. The first-order chi connectivity index (χ1) is 15.8. The van der Waals surface area contributed by atoms with Crippen LogP contribution in [0.3, 0.4) is 0 Å². The van der Waals surface area contributed by atoms with Gasteiger partial charge >= 0.3 is 0 Å². The van der Waals surface area contributed by atoms with Crippen LogP contribution in [-0.4, -0.2) is 0 Å². The standard InChI is InChI=1S/C30H24O2/c1-3-19-13-15-27-23(17-19)29(21-9-5-7-11-25(21)31-27)30-22-10-6-8-12-26(22)32-28-16-14-20(4-2)18-24(28)30/h5-18H,3-4H2,1-2H3/b30-29-. The second-order valence-corrected chi connectivity index (χ2v) is 8.31. The summed E-state index contributed by atoms with van der Waals surface area (Å²) in [6.45, 7) is 4.39. The van der Waals surface area contributed by atoms with Crippen molar-refractivity contribution in [1.29, 1.82) is 0 Å². The number of aryl methyl sites for hydroxylation is 2. The topological polar surface area (TPSA) is 18.5 Å². The number of rotatable bonds is 2. The minimum atomic E-state index is 0.893. The van der Waals surface area contributed by atoms with Crippen LogP contribution in [0.15, 0.2) is 84.9 Å². The lowest BCUT2D eigenvalue weighted by molar-refractivity contribution is 0.471. The molecule has 0 saturated carbocycles. The van der Waals surface area contributed by atoms with Gasteiger partial charge in [-0.15, -0.1) is 0 Å². The Bertz CT molecular complexity index is 1290. The normalized spacial score (nSPS) is 15.6. The van der Waals surface area contributed by atoms with Crippen LogP contribution in [0.25, 0.3) is 11.1 Å². The lowest BCUT2D eigenvalue weighted by Crippen LogP contribution is -2.09. The fraction of sp³-hybridized carbons (Fsp3) is 0.133. The summed E-state index contributed by atoms with van der Waals surface area (Å²) in [4.78, 5) is 0. The SMILES string of the molecule is CCc1ccc2c(c1)/C(=C1/c3ccccc3Oc3ccc(CC)cc31)c1ccccc1O2. The molecular weight excluding hydrogens is 392 g/mol. The molecule has 0 spiro atoms. The zero-order valence-corrected chi connectivity index (χ0v) is 18.3. The van der Waals surface area contributed by atoms with Crippen LogP contribution in [0.5, 0.6) is 23.0 Å². The van der Waals surface area contributed by atoms with Crippen LogP contribution in [-0.2, 0) is 12.8 Å². The molecule has 2 aliphatic rings. The van der Waals surface area contributed by atoms with E-state index in [9.17, 15) is 0 Å². The van der Waals surface area contributed by atoms with E-state index in [1.807, 2.05) is 12.1 Å². The summed E-state index contributed by atoms with van der Waals surface area (Å²) in [6.07, 6.45) is 1.96. The molecule has 4 aromatic carbocycles. The molecule has 0 amide bonds. The summed E-state index contributed by atoms with van der Waals surface area (Å²) in [5, 5.41) is 0. The lowest BCUT2D eigenvalue weighted by atomic mass is 9.81. The molecule has 0 unspecified atom stereocenters. The number of hydrogen-bond acceptors (Lipinski definition) is 2. The summed E-state index contributed by atoms with van der Waals surface area (Å²) in [5.41, 5.74) is 9.54. The van der Waals surface area contributed by atoms with Crippen molar-refractivity contribution in [1.82, 2.24) is 0 Å². The molecule has 2 heteroatoms. The van der Waals surface area contributed by atoms with Crippen molar-refractivity contribution in [3.05, 3.63) is 118 Å². The van der Waals surface area contributed by atoms with Crippen molar-refractivity contribution in [2.75, 3.05) is 0 Å². The van der Waals surface area contributed by atoms with Crippen molar-refractivity contribution in [3.63, 3.8) is 0 Å². The molecule has 0 aromatic heterocycles. The largest absolute Gasteiger partial charge is 0.456 e. The van der Waals surface area contributed by atoms with Gasteiger partial charge in [0.1, 0.15) is 23.0 Å². The zero-order valence-electron chi connectivity index (χ0n) is 18.3. The summed E-state index contributed by atoms with van der Waals surface area (Å²) in [7, 11) is 0. The molecule has 2 nitrogen and oxygen atoms in total. The van der Waals surface area contributed by atoms with E-state index in [1.54, 1.807) is 0 Å². The Balaban J connectivity index is 1.78. The molecule has 0 bridgehead atoms. The number of fused-ring (bicyclic) bond motifs is 4. The first kappa shape index (κ1) is 18.9. The maximum Gasteiger partial charge on any atom is 0.135 e. The summed E-state index contributed by atoms with van der Waals surface area (Å²) in [5.74, 6) is 3.59. The Kier molecular flexibility index (Phi) is 4.39. The zero-order chi connectivity index (χ0) is 21.7. The van der Waals surface area contributed by atoms with E-state index in [4.69, 9.17) is 9.47 Å². The van der Waals surface area contributed by atoms with Crippen molar-refractivity contribution in [2.24, 2.45) is 0 Å². The van der Waals surface area contributed by atoms with Gasteiger partial charge in [-0.05, 0) is 60.4 Å². The predicted molar refractivity (Wildman–Crippen MR) is 130 cm³/mol. The number of hydrogen-bond donors (Lipinski definition) is 0. The van der Waals surface area contributed by atoms with E-state index < -0.39 is 0 Å². The Morgan fingerprint density at radius 1 is 0.469 bits per heavy atom. The molecule has 0 fully saturated rings. The molecular formula is C30H24O2. The Morgan fingerprint density at radius 2 is 0.875 bits per heavy atom. The second-order valence-electron chi connectivity index (χ2n) is 8.31. The second kappa shape index (κ2) is 7.42. The van der Waals surface area contributed by atoms with Gasteiger partial charge in [0.15, 0.2) is 0 Å². The van der Waals surface area contributed by atoms with Crippen LogP contribution in [0.2, 0.25) is 0 Å². The number of benzene rings is 4. The third kappa shape index (κ3) is 2.87. The molecule has 0 radical (unpaired) electrons. The summed E-state index contributed by atoms with van der Waals surface area (Å²) >= 11 is 0. The molecule has 0 atom stereocenters. The third-order valence-electron chi connectivity index (χ3n) is 6.45. The minimum Gasteiger partial charge on any atom is -0.456 e. The van der Waals surface area contributed by atoms with Crippen LogP contribution in [0, 0.1) is 0 Å². The Hall–Kier alpha value is -3.78. The van der Waals surface area contributed by atoms with Gasteiger partial charge in [-0.2, -0.15) is 0 Å². The van der Waals surface area contributed by atoms with Crippen molar-refractivity contribution >= 4 is 11.1 Å². The van der Waals surface area contributed by atoms with Crippen LogP contribution in [0.4, 0.5) is 0 Å². The number of para-hydroxylation sites is 2. The number of ether oxygens (including phenoxy) is 2. The molecule has 32 heavy (non-hydrogen) atoms. The highest BCUT2D eigenvalue weighted by atomic mass is 16.5. The summed E-state index contributed by atoms with van der Waals surface area (Å²) in [6, 6.07) is 29.8. The molecule has 4 aromatic rings. The van der Waals surface area contributed by atoms with Gasteiger partial charge < -0.3 is 9.47 Å². The molecule has 0 aliphatic carbocycles. The van der Waals surface area contributed by atoms with Gasteiger partial charge in [0.2, 0.25) is 0 Å². The van der Waals surface area contributed by atoms with Crippen LogP contribution in [0.1, 0.15) is 47.2 Å². The summed E-state index contributed by atoms with van der Waals surface area (Å²) < 4.78 is 12.7. The van der Waals surface area contributed by atoms with Gasteiger partial charge in [-0.25, -0.2) is 0 Å². The van der Waals surface area contributed by atoms with Gasteiger partial charge in [-0.3, -0.25) is 0 Å². The maximum absolute atomic E-state index is 6.35. The maximum atomic E-state index is 6.35. The van der Waals surface area contributed by atoms with Gasteiger partial charge in [0.05, 0.1) is 0 Å². The van der Waals surface area contributed by atoms with Gasteiger partial charge in [-0.1, -0.05) is 62.4 Å². The monoisotopic (exact) mass is 416 g/mol. The molecule has 2 aliphatic heterocycles. The highest BCUT2D eigenvalue weighted by Gasteiger charge is 2.31. The highest BCUT2D eigenvalue weighted by Crippen LogP contribution is 2.53. The highest BCUT2D eigenvalue weighted by molar-refractivity contribution is 6.10. The fourth-order valence-corrected chi connectivity index (χ4v) is 4.75. The van der Waals surface area contributed by atoms with Crippen LogP contribution >= 0.6 is 0 Å². The van der Waals surface area contributed by atoms with Crippen molar-refractivity contribution < 1.29 is 9.47 Å². The van der Waals surface area contributed by atoms with E-state index in [2.05, 4.69) is 86.6 Å². The minimum absolute atomic E-state index is 0.893. The average Bonchev–Trinajstić information content (AvgIpc) is 2.85. The van der Waals surface area contributed by atoms with Crippen LogP contribution < -0.4 is 9.47 Å². The van der Waals surface area contributed by atoms with Crippen molar-refractivity contribution in [3.8, 4) is 23.0 Å². The van der Waals surface area contributed by atoms with E-state index in [0.717, 1.165) is 58.1 Å². The van der Waals surface area contributed by atoms with E-state index >= 15 is 0 Å². The molecule has 6 rings (SSSR count). The van der Waals surface area contributed by atoms with Crippen molar-refractivity contribution in [2.45, 2.75) is 26.7 Å². The first-order valence-corrected chi connectivity index (χ1v) is 11.3. The molecule has 0 N–H and O–H groups in total. The molecule has 156 valence electrons. The Morgan fingerprint density at radius 3 is 1.31 bits per heavy atom. The quantitative estimate of drug-likeness (QED) is 0.284. The smallest absolute Gasteiger partial charge is 0.135 e.